The van der Waals surface area contributed by atoms with Crippen LogP contribution in [0.1, 0.15) is 23.2 Å². The summed E-state index contributed by atoms with van der Waals surface area (Å²) in [6.07, 6.45) is 1.94. The summed E-state index contributed by atoms with van der Waals surface area (Å²) in [7, 11) is 0. The quantitative estimate of drug-likeness (QED) is 0.584. The van der Waals surface area contributed by atoms with Crippen molar-refractivity contribution < 1.29 is 19.2 Å². The van der Waals surface area contributed by atoms with Crippen molar-refractivity contribution in [2.24, 2.45) is 0 Å². The van der Waals surface area contributed by atoms with Crippen molar-refractivity contribution in [2.45, 2.75) is 18.4 Å². The molecule has 3 fully saturated rings. The smallest absolute Gasteiger partial charge is 0.271 e. The second kappa shape index (κ2) is 6.55. The van der Waals surface area contributed by atoms with Gasteiger partial charge >= 0.3 is 0 Å². The number of nitro benzene ring substituents is 1. The molecule has 0 radical (unpaired) electrons. The number of non-ortho nitro benzene ring substituents is 1. The Hall–Kier alpha value is -2.13. The number of amides is 1. The number of rotatable bonds is 3. The number of carbonyl (C=O) groups excluding carboxylic acids is 2. The summed E-state index contributed by atoms with van der Waals surface area (Å²) in [6, 6.07) is 4.33. The molecule has 2 heterocycles. The van der Waals surface area contributed by atoms with Gasteiger partial charge in [-0.2, -0.15) is 0 Å². The van der Waals surface area contributed by atoms with Gasteiger partial charge in [0, 0.05) is 37.5 Å². The van der Waals surface area contributed by atoms with Crippen LogP contribution in [0, 0.1) is 10.1 Å². The van der Waals surface area contributed by atoms with E-state index >= 15 is 0 Å². The van der Waals surface area contributed by atoms with Crippen LogP contribution in [0.5, 0.6) is 0 Å². The number of nitrogens with zero attached hydrogens (tertiary/aromatic N) is 3. The van der Waals surface area contributed by atoms with Gasteiger partial charge in [0.2, 0.25) is 5.12 Å². The molecular weight excluding hydrogens is 358 g/mol. The molecule has 1 aromatic carbocycles. The number of hydrogen-bond acceptors (Lipinski definition) is 7. The molecule has 0 atom stereocenters. The highest BCUT2D eigenvalue weighted by atomic mass is 32.2. The van der Waals surface area contributed by atoms with Crippen LogP contribution in [0.15, 0.2) is 18.2 Å². The number of ether oxygens (including phenoxy) is 1. The third-order valence-corrected chi connectivity index (χ3v) is 5.89. The van der Waals surface area contributed by atoms with E-state index < -0.39 is 4.92 Å². The van der Waals surface area contributed by atoms with Crippen molar-refractivity contribution in [3.63, 3.8) is 0 Å². The Kier molecular flexibility index (Phi) is 4.36. The van der Waals surface area contributed by atoms with Gasteiger partial charge < -0.3 is 14.5 Å². The van der Waals surface area contributed by atoms with E-state index in [-0.39, 0.29) is 28.9 Å². The molecule has 0 unspecified atom stereocenters. The first-order valence-electron chi connectivity index (χ1n) is 8.60. The molecule has 9 heteroatoms. The third-order valence-electron chi connectivity index (χ3n) is 5.05. The molecule has 26 heavy (non-hydrogen) atoms. The molecule has 0 N–H and O–H groups in total. The van der Waals surface area contributed by atoms with E-state index in [1.807, 2.05) is 4.90 Å². The molecular formula is C17H19N3O5S. The van der Waals surface area contributed by atoms with E-state index in [0.29, 0.717) is 43.2 Å². The molecule has 0 bridgehead atoms. The Bertz CT molecular complexity index is 780. The van der Waals surface area contributed by atoms with E-state index in [1.54, 1.807) is 0 Å². The molecule has 2 aliphatic heterocycles. The van der Waals surface area contributed by atoms with E-state index in [0.717, 1.165) is 12.8 Å². The summed E-state index contributed by atoms with van der Waals surface area (Å²) >= 11 is 1.23. The van der Waals surface area contributed by atoms with Gasteiger partial charge in [-0.15, -0.1) is 0 Å². The Morgan fingerprint density at radius 2 is 2.12 bits per heavy atom. The summed E-state index contributed by atoms with van der Waals surface area (Å²) in [5.74, 6) is 0.327. The molecule has 1 amide bonds. The number of hydrogen-bond donors (Lipinski definition) is 0. The molecule has 1 spiro atoms. The Labute approximate surface area is 154 Å². The van der Waals surface area contributed by atoms with Gasteiger partial charge in [0.25, 0.3) is 11.6 Å². The Morgan fingerprint density at radius 3 is 2.81 bits per heavy atom. The molecule has 8 nitrogen and oxygen atoms in total. The topological polar surface area (TPSA) is 93.0 Å². The first-order chi connectivity index (χ1) is 12.5. The monoisotopic (exact) mass is 377 g/mol. The van der Waals surface area contributed by atoms with Crippen LogP contribution in [0.25, 0.3) is 0 Å². The second-order valence-corrected chi connectivity index (χ2v) is 8.01. The van der Waals surface area contributed by atoms with Crippen LogP contribution in [0.3, 0.4) is 0 Å². The van der Waals surface area contributed by atoms with Gasteiger partial charge in [-0.1, -0.05) is 11.8 Å². The summed E-state index contributed by atoms with van der Waals surface area (Å²) in [6.45, 7) is 2.32. The number of anilines is 1. The maximum atomic E-state index is 13.0. The van der Waals surface area contributed by atoms with Crippen molar-refractivity contribution in [1.29, 1.82) is 0 Å². The summed E-state index contributed by atoms with van der Waals surface area (Å²) in [5, 5.41) is 11.2. The van der Waals surface area contributed by atoms with E-state index in [4.69, 9.17) is 4.74 Å². The van der Waals surface area contributed by atoms with Crippen LogP contribution >= 0.6 is 11.8 Å². The maximum Gasteiger partial charge on any atom is 0.271 e. The number of carbonyl (C=O) groups is 2. The molecule has 3 aliphatic rings. The Balaban J connectivity index is 1.67. The van der Waals surface area contributed by atoms with E-state index in [2.05, 4.69) is 0 Å². The fourth-order valence-electron chi connectivity index (χ4n) is 3.46. The number of thioether (sulfide) groups is 1. The van der Waals surface area contributed by atoms with Gasteiger partial charge in [0.1, 0.15) is 0 Å². The molecule has 4 rings (SSSR count). The third kappa shape index (κ3) is 3.28. The van der Waals surface area contributed by atoms with Crippen molar-refractivity contribution in [2.75, 3.05) is 43.4 Å². The lowest BCUT2D eigenvalue weighted by Crippen LogP contribution is -2.45. The van der Waals surface area contributed by atoms with Crippen LogP contribution in [0.2, 0.25) is 0 Å². The fourth-order valence-corrected chi connectivity index (χ4v) is 4.25. The normalized spacial score (nSPS) is 21.8. The first kappa shape index (κ1) is 17.3. The molecule has 1 saturated carbocycles. The highest BCUT2D eigenvalue weighted by Crippen LogP contribution is 2.43. The highest BCUT2D eigenvalue weighted by Gasteiger charge is 2.48. The van der Waals surface area contributed by atoms with Crippen LogP contribution in [0.4, 0.5) is 11.4 Å². The minimum Gasteiger partial charge on any atom is -0.371 e. The highest BCUT2D eigenvalue weighted by molar-refractivity contribution is 8.13. The largest absolute Gasteiger partial charge is 0.371 e. The number of benzene rings is 1. The lowest BCUT2D eigenvalue weighted by Gasteiger charge is -2.36. The minimum atomic E-state index is -0.452. The average molecular weight is 377 g/mol. The van der Waals surface area contributed by atoms with E-state index in [1.165, 1.54) is 34.9 Å². The predicted molar refractivity (Wildman–Crippen MR) is 96.6 cm³/mol. The lowest BCUT2D eigenvalue weighted by atomic mass is 10.1. The SMILES string of the molecule is O=C1CN(C(=O)c2ccc([N+](=O)[O-])cc2N2CCOC3(CC3)C2)CCS1. The van der Waals surface area contributed by atoms with Crippen molar-refractivity contribution in [1.82, 2.24) is 4.90 Å². The molecule has 1 aromatic rings. The Morgan fingerprint density at radius 1 is 1.31 bits per heavy atom. The van der Waals surface area contributed by atoms with Crippen LogP contribution in [-0.2, 0) is 9.53 Å². The van der Waals surface area contributed by atoms with Gasteiger partial charge in [0.05, 0.1) is 34.9 Å². The molecule has 2 saturated heterocycles. The van der Waals surface area contributed by atoms with Crippen LogP contribution in [-0.4, -0.2) is 65.0 Å². The van der Waals surface area contributed by atoms with Gasteiger partial charge in [0.15, 0.2) is 0 Å². The average Bonchev–Trinajstić information content (AvgIpc) is 3.39. The molecule has 0 aromatic heterocycles. The van der Waals surface area contributed by atoms with Crippen molar-refractivity contribution in [3.05, 3.63) is 33.9 Å². The fraction of sp³-hybridized carbons (Fsp3) is 0.529. The van der Waals surface area contributed by atoms with Gasteiger partial charge in [-0.25, -0.2) is 0 Å². The summed E-state index contributed by atoms with van der Waals surface area (Å²) in [5.41, 5.74) is 0.761. The lowest BCUT2D eigenvalue weighted by molar-refractivity contribution is -0.384. The summed E-state index contributed by atoms with van der Waals surface area (Å²) in [4.78, 5) is 39.0. The standard InChI is InChI=1S/C17H19N3O5S/c21-15-10-18(6-8-26-15)16(22)13-2-1-12(20(23)24)9-14(13)19-5-7-25-17(11-19)3-4-17/h1-2,9H,3-8,10-11H2. The zero-order valence-electron chi connectivity index (χ0n) is 14.2. The van der Waals surface area contributed by atoms with Crippen molar-refractivity contribution in [3.8, 4) is 0 Å². The number of nitro groups is 1. The van der Waals surface area contributed by atoms with E-state index in [9.17, 15) is 19.7 Å². The summed E-state index contributed by atoms with van der Waals surface area (Å²) < 4.78 is 5.82. The zero-order valence-corrected chi connectivity index (χ0v) is 15.0. The van der Waals surface area contributed by atoms with Crippen molar-refractivity contribution >= 4 is 34.2 Å². The van der Waals surface area contributed by atoms with Gasteiger partial charge in [-0.3, -0.25) is 19.7 Å². The predicted octanol–water partition coefficient (Wildman–Crippen LogP) is 1.68. The minimum absolute atomic E-state index is 0.0311. The van der Waals surface area contributed by atoms with Gasteiger partial charge in [-0.05, 0) is 18.9 Å². The molecule has 1 aliphatic carbocycles. The second-order valence-electron chi connectivity index (χ2n) is 6.86. The first-order valence-corrected chi connectivity index (χ1v) is 9.58. The van der Waals surface area contributed by atoms with Crippen LogP contribution < -0.4 is 4.90 Å². The zero-order chi connectivity index (χ0) is 18.3. The molecule has 138 valence electrons. The maximum absolute atomic E-state index is 13.0. The number of morpholine rings is 1.